The number of rotatable bonds is 2. The van der Waals surface area contributed by atoms with Crippen LogP contribution in [0.4, 0.5) is 0 Å². The molecular weight excluding hydrogens is 284 g/mol. The van der Waals surface area contributed by atoms with Gasteiger partial charge in [-0.3, -0.25) is 4.99 Å². The Morgan fingerprint density at radius 2 is 2.25 bits per heavy atom. The maximum Gasteiger partial charge on any atom is 0.168 e. The highest BCUT2D eigenvalue weighted by Gasteiger charge is 2.32. The standard InChI is InChI=1S/C16H16N2S2/c1-3-13-15(18-6-5-17-16(18)20-13)11-8-10(2)12-4-7-19-14(12)9-11/h4,7-9H,3,5-6H2,1-2H3. The van der Waals surface area contributed by atoms with Gasteiger partial charge >= 0.3 is 0 Å². The Labute approximate surface area is 127 Å². The van der Waals surface area contributed by atoms with E-state index in [0.29, 0.717) is 0 Å². The van der Waals surface area contributed by atoms with Crippen molar-refractivity contribution >= 4 is 44.0 Å². The number of aryl methyl sites for hydroxylation is 1. The molecule has 0 radical (unpaired) electrons. The molecule has 0 saturated carbocycles. The minimum absolute atomic E-state index is 0.934. The second-order valence-corrected chi connectivity index (χ2v) is 7.18. The van der Waals surface area contributed by atoms with Gasteiger partial charge in [-0.1, -0.05) is 18.7 Å². The van der Waals surface area contributed by atoms with E-state index in [2.05, 4.69) is 47.3 Å². The lowest BCUT2D eigenvalue weighted by Crippen LogP contribution is -2.20. The summed E-state index contributed by atoms with van der Waals surface area (Å²) in [6.07, 6.45) is 1.08. The SMILES string of the molecule is CCC1=C(c2cc(C)c3ccsc3c2)N2CCN=C2S1. The van der Waals surface area contributed by atoms with Crippen LogP contribution < -0.4 is 0 Å². The second kappa shape index (κ2) is 4.64. The second-order valence-electron chi connectivity index (χ2n) is 5.17. The Balaban J connectivity index is 1.90. The van der Waals surface area contributed by atoms with Crippen molar-refractivity contribution in [2.24, 2.45) is 4.99 Å². The van der Waals surface area contributed by atoms with Gasteiger partial charge in [-0.2, -0.15) is 0 Å². The molecule has 0 N–H and O–H groups in total. The molecule has 2 aromatic rings. The van der Waals surface area contributed by atoms with Crippen molar-refractivity contribution in [3.8, 4) is 0 Å². The van der Waals surface area contributed by atoms with Crippen molar-refractivity contribution in [1.82, 2.24) is 4.90 Å². The first-order chi connectivity index (χ1) is 9.78. The summed E-state index contributed by atoms with van der Waals surface area (Å²) in [6, 6.07) is 6.90. The van der Waals surface area contributed by atoms with Crippen molar-refractivity contribution in [3.05, 3.63) is 39.6 Å². The molecule has 0 unspecified atom stereocenters. The van der Waals surface area contributed by atoms with Gasteiger partial charge in [0.15, 0.2) is 5.17 Å². The van der Waals surface area contributed by atoms with Gasteiger partial charge in [0.25, 0.3) is 0 Å². The van der Waals surface area contributed by atoms with Crippen LogP contribution >= 0.6 is 23.1 Å². The first-order valence-corrected chi connectivity index (χ1v) is 8.68. The van der Waals surface area contributed by atoms with Crippen LogP contribution in [-0.4, -0.2) is 23.2 Å². The number of thiophene rings is 1. The molecule has 20 heavy (non-hydrogen) atoms. The van der Waals surface area contributed by atoms with E-state index >= 15 is 0 Å². The van der Waals surface area contributed by atoms with Gasteiger partial charge in [-0.25, -0.2) is 0 Å². The minimum atomic E-state index is 0.934. The van der Waals surface area contributed by atoms with E-state index in [4.69, 9.17) is 0 Å². The molecule has 0 saturated heterocycles. The smallest absolute Gasteiger partial charge is 0.168 e. The Morgan fingerprint density at radius 1 is 1.35 bits per heavy atom. The topological polar surface area (TPSA) is 15.6 Å². The highest BCUT2D eigenvalue weighted by Crippen LogP contribution is 2.44. The predicted molar refractivity (Wildman–Crippen MR) is 90.4 cm³/mol. The molecular formula is C16H16N2S2. The quantitative estimate of drug-likeness (QED) is 0.798. The van der Waals surface area contributed by atoms with Gasteiger partial charge in [0.2, 0.25) is 0 Å². The van der Waals surface area contributed by atoms with Crippen LogP contribution in [0.25, 0.3) is 15.8 Å². The molecule has 2 aliphatic heterocycles. The van der Waals surface area contributed by atoms with Gasteiger partial charge in [-0.05, 0) is 47.9 Å². The number of fused-ring (bicyclic) bond motifs is 2. The maximum atomic E-state index is 4.61. The van der Waals surface area contributed by atoms with Crippen LogP contribution in [0.15, 0.2) is 33.5 Å². The molecule has 2 nitrogen and oxygen atoms in total. The molecule has 102 valence electrons. The molecule has 4 heteroatoms. The Bertz CT molecular complexity index is 755. The van der Waals surface area contributed by atoms with Crippen LogP contribution in [0, 0.1) is 6.92 Å². The first kappa shape index (κ1) is 12.5. The average Bonchev–Trinajstić information content (AvgIpc) is 3.12. The highest BCUT2D eigenvalue weighted by atomic mass is 32.2. The molecule has 0 spiro atoms. The maximum absolute atomic E-state index is 4.61. The summed E-state index contributed by atoms with van der Waals surface area (Å²) < 4.78 is 1.39. The third-order valence-corrected chi connectivity index (χ3v) is 6.05. The zero-order valence-electron chi connectivity index (χ0n) is 11.6. The lowest BCUT2D eigenvalue weighted by molar-refractivity contribution is 0.646. The fourth-order valence-corrected chi connectivity index (χ4v) is 5.02. The summed E-state index contributed by atoms with van der Waals surface area (Å²) in [5.74, 6) is 0. The summed E-state index contributed by atoms with van der Waals surface area (Å²) in [6.45, 7) is 6.42. The lowest BCUT2D eigenvalue weighted by atomic mass is 10.0. The van der Waals surface area contributed by atoms with E-state index in [0.717, 1.165) is 19.5 Å². The van der Waals surface area contributed by atoms with Crippen LogP contribution in [0.5, 0.6) is 0 Å². The summed E-state index contributed by atoms with van der Waals surface area (Å²) >= 11 is 3.69. The molecule has 0 amide bonds. The number of hydrogen-bond donors (Lipinski definition) is 0. The molecule has 0 aliphatic carbocycles. The molecule has 0 atom stereocenters. The molecule has 0 fully saturated rings. The normalized spacial score (nSPS) is 18.1. The van der Waals surface area contributed by atoms with E-state index in [1.165, 1.54) is 37.0 Å². The number of amidine groups is 1. The zero-order chi connectivity index (χ0) is 13.7. The van der Waals surface area contributed by atoms with Crippen LogP contribution in [0.2, 0.25) is 0 Å². The molecule has 2 aliphatic rings. The van der Waals surface area contributed by atoms with Gasteiger partial charge in [0.05, 0.1) is 12.2 Å². The first-order valence-electron chi connectivity index (χ1n) is 6.99. The van der Waals surface area contributed by atoms with E-state index in [-0.39, 0.29) is 0 Å². The molecule has 1 aromatic heterocycles. The fourth-order valence-electron chi connectivity index (χ4n) is 2.98. The Hall–Kier alpha value is -1.26. The van der Waals surface area contributed by atoms with E-state index < -0.39 is 0 Å². The number of aliphatic imine (C=N–C) groups is 1. The summed E-state index contributed by atoms with van der Waals surface area (Å²) in [7, 11) is 0. The zero-order valence-corrected chi connectivity index (χ0v) is 13.3. The Morgan fingerprint density at radius 3 is 3.10 bits per heavy atom. The highest BCUT2D eigenvalue weighted by molar-refractivity contribution is 8.17. The van der Waals surface area contributed by atoms with Crippen molar-refractivity contribution in [2.45, 2.75) is 20.3 Å². The number of nitrogens with zero attached hydrogens (tertiary/aromatic N) is 2. The van der Waals surface area contributed by atoms with Gasteiger partial charge in [-0.15, -0.1) is 11.3 Å². The predicted octanol–water partition coefficient (Wildman–Crippen LogP) is 4.71. The van der Waals surface area contributed by atoms with Crippen LogP contribution in [-0.2, 0) is 0 Å². The third kappa shape index (κ3) is 1.75. The summed E-state index contributed by atoms with van der Waals surface area (Å²) in [5, 5.41) is 4.77. The molecule has 1 aromatic carbocycles. The minimum Gasteiger partial charge on any atom is -0.318 e. The largest absolute Gasteiger partial charge is 0.318 e. The van der Waals surface area contributed by atoms with E-state index in [1.807, 2.05) is 23.1 Å². The molecule has 4 rings (SSSR count). The number of benzene rings is 1. The van der Waals surface area contributed by atoms with E-state index in [9.17, 15) is 0 Å². The third-order valence-electron chi connectivity index (χ3n) is 3.92. The monoisotopic (exact) mass is 300 g/mol. The fraction of sp³-hybridized carbons (Fsp3) is 0.312. The van der Waals surface area contributed by atoms with Gasteiger partial charge < -0.3 is 4.90 Å². The summed E-state index contributed by atoms with van der Waals surface area (Å²) in [4.78, 5) is 8.47. The lowest BCUT2D eigenvalue weighted by Gasteiger charge is -2.18. The van der Waals surface area contributed by atoms with Crippen LogP contribution in [0.1, 0.15) is 24.5 Å². The van der Waals surface area contributed by atoms with Gasteiger partial charge in [0.1, 0.15) is 0 Å². The number of thioether (sulfide) groups is 1. The van der Waals surface area contributed by atoms with Gasteiger partial charge in [0, 0.05) is 21.7 Å². The van der Waals surface area contributed by atoms with Crippen molar-refractivity contribution < 1.29 is 0 Å². The summed E-state index contributed by atoms with van der Waals surface area (Å²) in [5.41, 5.74) is 4.12. The van der Waals surface area contributed by atoms with Crippen LogP contribution in [0.3, 0.4) is 0 Å². The van der Waals surface area contributed by atoms with Crippen molar-refractivity contribution in [3.63, 3.8) is 0 Å². The molecule has 0 bridgehead atoms. The Kier molecular flexibility index (Phi) is 2.89. The van der Waals surface area contributed by atoms with Crippen molar-refractivity contribution in [2.75, 3.05) is 13.1 Å². The van der Waals surface area contributed by atoms with E-state index in [1.54, 1.807) is 0 Å². The molecule has 3 heterocycles. The number of hydrogen-bond acceptors (Lipinski definition) is 4. The average molecular weight is 300 g/mol. The van der Waals surface area contributed by atoms with Crippen molar-refractivity contribution in [1.29, 1.82) is 0 Å². The number of allylic oxidation sites excluding steroid dienone is 1.